The number of aromatic nitrogens is 3. The molecule has 1 aromatic carbocycles. The Bertz CT molecular complexity index is 1140. The summed E-state index contributed by atoms with van der Waals surface area (Å²) in [4.78, 5) is 28.6. The third kappa shape index (κ3) is 4.02. The van der Waals surface area contributed by atoms with Crippen LogP contribution in [0.2, 0.25) is 5.02 Å². The minimum atomic E-state index is -4.51. The SMILES string of the molecule is O=C(Cc1ccnc(C(=O)NC2(C(F)(F)F)CC2)c1)Cc1cc(Cl)c2cn[nH]c2c1. The van der Waals surface area contributed by atoms with E-state index < -0.39 is 17.6 Å². The second kappa shape index (κ2) is 7.39. The number of aromatic amines is 1. The van der Waals surface area contributed by atoms with E-state index in [2.05, 4.69) is 15.2 Å². The summed E-state index contributed by atoms with van der Waals surface area (Å²) in [5, 5.41) is 9.97. The van der Waals surface area contributed by atoms with E-state index in [1.165, 1.54) is 12.3 Å². The van der Waals surface area contributed by atoms with Crippen molar-refractivity contribution in [2.24, 2.45) is 0 Å². The molecule has 1 aliphatic rings. The van der Waals surface area contributed by atoms with Crippen LogP contribution in [-0.2, 0) is 17.6 Å². The van der Waals surface area contributed by atoms with Crippen LogP contribution in [0, 0.1) is 0 Å². The van der Waals surface area contributed by atoms with Crippen molar-refractivity contribution in [1.82, 2.24) is 20.5 Å². The van der Waals surface area contributed by atoms with E-state index in [1.54, 1.807) is 24.4 Å². The van der Waals surface area contributed by atoms with Crippen LogP contribution in [-0.4, -0.2) is 38.6 Å². The average molecular weight is 437 g/mol. The molecule has 3 aromatic rings. The van der Waals surface area contributed by atoms with E-state index in [0.29, 0.717) is 21.7 Å². The van der Waals surface area contributed by atoms with Gasteiger partial charge in [0, 0.05) is 24.4 Å². The highest BCUT2D eigenvalue weighted by Gasteiger charge is 2.64. The van der Waals surface area contributed by atoms with Gasteiger partial charge in [-0.15, -0.1) is 0 Å². The van der Waals surface area contributed by atoms with Crippen LogP contribution in [0.25, 0.3) is 10.9 Å². The van der Waals surface area contributed by atoms with Crippen LogP contribution in [0.1, 0.15) is 34.5 Å². The molecule has 2 heterocycles. The van der Waals surface area contributed by atoms with Crippen LogP contribution in [0.3, 0.4) is 0 Å². The molecule has 6 nitrogen and oxygen atoms in total. The van der Waals surface area contributed by atoms with Gasteiger partial charge in [-0.1, -0.05) is 11.6 Å². The highest BCUT2D eigenvalue weighted by molar-refractivity contribution is 6.35. The number of benzene rings is 1. The first-order valence-corrected chi connectivity index (χ1v) is 9.52. The summed E-state index contributed by atoms with van der Waals surface area (Å²) in [7, 11) is 0. The van der Waals surface area contributed by atoms with E-state index in [-0.39, 0.29) is 37.2 Å². The Balaban J connectivity index is 1.43. The van der Waals surface area contributed by atoms with Crippen molar-refractivity contribution in [3.63, 3.8) is 0 Å². The quantitative estimate of drug-likeness (QED) is 0.615. The number of fused-ring (bicyclic) bond motifs is 1. The van der Waals surface area contributed by atoms with E-state index in [9.17, 15) is 22.8 Å². The standard InChI is InChI=1S/C20H16ClF3N4O2/c21-15-7-12(9-16-14(15)10-26-28-16)6-13(29)5-11-1-4-25-17(8-11)18(30)27-19(2-3-19)20(22,23)24/h1,4,7-10H,2-3,5-6H2,(H,26,28)(H,27,30). The first-order valence-electron chi connectivity index (χ1n) is 9.14. The van der Waals surface area contributed by atoms with Crippen molar-refractivity contribution in [1.29, 1.82) is 0 Å². The first kappa shape index (κ1) is 20.3. The zero-order chi connectivity index (χ0) is 21.5. The number of nitrogens with zero attached hydrogens (tertiary/aromatic N) is 2. The largest absolute Gasteiger partial charge is 0.411 e. The molecule has 0 saturated heterocycles. The van der Waals surface area contributed by atoms with Gasteiger partial charge in [-0.3, -0.25) is 19.7 Å². The lowest BCUT2D eigenvalue weighted by Crippen LogP contribution is -2.48. The monoisotopic (exact) mass is 436 g/mol. The van der Waals surface area contributed by atoms with Gasteiger partial charge >= 0.3 is 6.18 Å². The van der Waals surface area contributed by atoms with Crippen LogP contribution in [0.4, 0.5) is 13.2 Å². The van der Waals surface area contributed by atoms with E-state index in [4.69, 9.17) is 11.6 Å². The third-order valence-electron chi connectivity index (χ3n) is 5.07. The Morgan fingerprint density at radius 3 is 2.60 bits per heavy atom. The summed E-state index contributed by atoms with van der Waals surface area (Å²) in [5.74, 6) is -1.05. The molecule has 1 fully saturated rings. The molecular formula is C20H16ClF3N4O2. The maximum absolute atomic E-state index is 13.0. The lowest BCUT2D eigenvalue weighted by Gasteiger charge is -2.20. The number of H-pyrrole nitrogens is 1. The van der Waals surface area contributed by atoms with Crippen LogP contribution in [0.15, 0.2) is 36.7 Å². The van der Waals surface area contributed by atoms with Gasteiger partial charge in [0.1, 0.15) is 17.0 Å². The summed E-state index contributed by atoms with van der Waals surface area (Å²) >= 11 is 6.19. The van der Waals surface area contributed by atoms with Crippen LogP contribution in [0.5, 0.6) is 0 Å². The summed E-state index contributed by atoms with van der Waals surface area (Å²) in [6.45, 7) is 0. The summed E-state index contributed by atoms with van der Waals surface area (Å²) < 4.78 is 39.1. The molecular weight excluding hydrogens is 421 g/mol. The van der Waals surface area contributed by atoms with Crippen molar-refractivity contribution in [3.8, 4) is 0 Å². The van der Waals surface area contributed by atoms with Gasteiger partial charge < -0.3 is 5.32 Å². The molecule has 1 aliphatic carbocycles. The molecule has 1 saturated carbocycles. The number of halogens is 4. The fourth-order valence-corrected chi connectivity index (χ4v) is 3.57. The van der Waals surface area contributed by atoms with Gasteiger partial charge in [0.15, 0.2) is 0 Å². The highest BCUT2D eigenvalue weighted by Crippen LogP contribution is 2.49. The van der Waals surface area contributed by atoms with Crippen molar-refractivity contribution < 1.29 is 22.8 Å². The Labute approximate surface area is 173 Å². The molecule has 0 spiro atoms. The van der Waals surface area contributed by atoms with E-state index in [1.807, 2.05) is 5.32 Å². The lowest BCUT2D eigenvalue weighted by molar-refractivity contribution is -0.163. The fourth-order valence-electron chi connectivity index (χ4n) is 3.28. The van der Waals surface area contributed by atoms with Gasteiger partial charge in [0.05, 0.1) is 16.7 Å². The van der Waals surface area contributed by atoms with Crippen molar-refractivity contribution in [3.05, 3.63) is 58.5 Å². The summed E-state index contributed by atoms with van der Waals surface area (Å²) in [6, 6.07) is 6.36. The number of carbonyl (C=O) groups is 2. The molecule has 1 amide bonds. The highest BCUT2D eigenvalue weighted by atomic mass is 35.5. The van der Waals surface area contributed by atoms with Crippen LogP contribution >= 0.6 is 11.6 Å². The number of nitrogens with one attached hydrogen (secondary N) is 2. The number of hydrogen-bond acceptors (Lipinski definition) is 4. The minimum Gasteiger partial charge on any atom is -0.336 e. The number of alkyl halides is 3. The number of Topliss-reactive ketones (excluding diaryl/α,β-unsaturated/α-hetero) is 1. The summed E-state index contributed by atoms with van der Waals surface area (Å²) in [5.41, 5.74) is -0.410. The Kier molecular flexibility index (Phi) is 5.01. The van der Waals surface area contributed by atoms with Crippen molar-refractivity contribution >= 4 is 34.2 Å². The number of rotatable bonds is 6. The van der Waals surface area contributed by atoms with Crippen LogP contribution < -0.4 is 5.32 Å². The normalized spacial score (nSPS) is 15.2. The van der Waals surface area contributed by atoms with Gasteiger partial charge in [-0.2, -0.15) is 18.3 Å². The molecule has 0 aliphatic heterocycles. The van der Waals surface area contributed by atoms with E-state index >= 15 is 0 Å². The predicted octanol–water partition coefficient (Wildman–Crippen LogP) is 3.79. The second-order valence-corrected chi connectivity index (χ2v) is 7.79. The average Bonchev–Trinajstić information content (AvgIpc) is 3.30. The first-order chi connectivity index (χ1) is 14.2. The van der Waals surface area contributed by atoms with E-state index in [0.717, 1.165) is 5.39 Å². The molecule has 2 N–H and O–H groups in total. The number of amides is 1. The van der Waals surface area contributed by atoms with Gasteiger partial charge in [-0.25, -0.2) is 0 Å². The fraction of sp³-hybridized carbons (Fsp3) is 0.300. The zero-order valence-corrected chi connectivity index (χ0v) is 16.3. The number of ketones is 1. The Hall–Kier alpha value is -2.94. The lowest BCUT2D eigenvalue weighted by atomic mass is 10.0. The molecule has 0 radical (unpaired) electrons. The van der Waals surface area contributed by atoms with Crippen molar-refractivity contribution in [2.75, 3.05) is 0 Å². The minimum absolute atomic E-state index is 0.00580. The second-order valence-electron chi connectivity index (χ2n) is 7.38. The number of carbonyl (C=O) groups excluding carboxylic acids is 2. The molecule has 0 bridgehead atoms. The maximum Gasteiger partial charge on any atom is 0.411 e. The Morgan fingerprint density at radius 2 is 1.90 bits per heavy atom. The Morgan fingerprint density at radius 1 is 1.17 bits per heavy atom. The van der Waals surface area contributed by atoms with Gasteiger partial charge in [-0.05, 0) is 48.2 Å². The van der Waals surface area contributed by atoms with Gasteiger partial charge in [0.2, 0.25) is 0 Å². The molecule has 4 rings (SSSR count). The number of pyridine rings is 1. The zero-order valence-electron chi connectivity index (χ0n) is 15.5. The van der Waals surface area contributed by atoms with Crippen molar-refractivity contribution in [2.45, 2.75) is 37.4 Å². The smallest absolute Gasteiger partial charge is 0.336 e. The third-order valence-corrected chi connectivity index (χ3v) is 5.39. The molecule has 156 valence electrons. The maximum atomic E-state index is 13.0. The predicted molar refractivity (Wildman–Crippen MR) is 103 cm³/mol. The molecule has 0 atom stereocenters. The molecule has 30 heavy (non-hydrogen) atoms. The molecule has 10 heteroatoms. The molecule has 2 aromatic heterocycles. The number of hydrogen-bond donors (Lipinski definition) is 2. The topological polar surface area (TPSA) is 87.7 Å². The van der Waals surface area contributed by atoms with Gasteiger partial charge in [0.25, 0.3) is 5.91 Å². The summed E-state index contributed by atoms with van der Waals surface area (Å²) in [6.07, 6.45) is -1.79. The molecule has 0 unspecified atom stereocenters.